The standard InChI is InChI=1S/C22H22FN3O3S/c1-15-20(13-16-5-6-17(23)14-21(16)24-15)22(27)25-18-7-9-19(10-8-18)30(28,29)26-11-3-2-4-12-26/h5-10,13-14H,2-4,11-12H2,1H3,(H,25,27). The van der Waals surface area contributed by atoms with E-state index in [1.54, 1.807) is 31.2 Å². The number of anilines is 1. The number of aromatic nitrogens is 1. The lowest BCUT2D eigenvalue weighted by Crippen LogP contribution is -2.35. The van der Waals surface area contributed by atoms with Crippen LogP contribution in [0.1, 0.15) is 35.3 Å². The molecule has 6 nitrogen and oxygen atoms in total. The van der Waals surface area contributed by atoms with Crippen molar-refractivity contribution < 1.29 is 17.6 Å². The van der Waals surface area contributed by atoms with Crippen LogP contribution in [0.4, 0.5) is 10.1 Å². The van der Waals surface area contributed by atoms with Crippen LogP contribution >= 0.6 is 0 Å². The van der Waals surface area contributed by atoms with Crippen LogP contribution in [0, 0.1) is 12.7 Å². The summed E-state index contributed by atoms with van der Waals surface area (Å²) in [6.07, 6.45) is 2.80. The Morgan fingerprint density at radius 1 is 1.03 bits per heavy atom. The third-order valence-corrected chi connectivity index (χ3v) is 7.19. The molecule has 1 aliphatic heterocycles. The van der Waals surface area contributed by atoms with E-state index in [-0.39, 0.29) is 16.6 Å². The molecule has 1 saturated heterocycles. The molecule has 0 radical (unpaired) electrons. The minimum Gasteiger partial charge on any atom is -0.322 e. The number of carbonyl (C=O) groups excluding carboxylic acids is 1. The number of halogens is 1. The zero-order valence-corrected chi connectivity index (χ0v) is 17.4. The normalized spacial score (nSPS) is 15.3. The van der Waals surface area contributed by atoms with Gasteiger partial charge in [-0.2, -0.15) is 4.31 Å². The molecule has 0 unspecified atom stereocenters. The number of hydrogen-bond acceptors (Lipinski definition) is 4. The molecular formula is C22H22FN3O3S. The quantitative estimate of drug-likeness (QED) is 0.680. The minimum absolute atomic E-state index is 0.216. The van der Waals surface area contributed by atoms with Gasteiger partial charge in [0, 0.05) is 30.2 Å². The summed E-state index contributed by atoms with van der Waals surface area (Å²) in [5.74, 6) is -0.746. The Hall–Kier alpha value is -2.84. The Morgan fingerprint density at radius 2 is 1.73 bits per heavy atom. The van der Waals surface area contributed by atoms with Crippen LogP contribution in [0.25, 0.3) is 10.9 Å². The van der Waals surface area contributed by atoms with Crippen LogP contribution in [0.3, 0.4) is 0 Å². The number of rotatable bonds is 4. The van der Waals surface area contributed by atoms with Crippen molar-refractivity contribution in [2.45, 2.75) is 31.1 Å². The first-order chi connectivity index (χ1) is 14.3. The van der Waals surface area contributed by atoms with Gasteiger partial charge in [-0.05, 0) is 62.2 Å². The van der Waals surface area contributed by atoms with E-state index in [1.165, 1.54) is 28.6 Å². The van der Waals surface area contributed by atoms with Gasteiger partial charge in [0.25, 0.3) is 5.91 Å². The second kappa shape index (κ2) is 8.12. The van der Waals surface area contributed by atoms with Crippen molar-refractivity contribution in [1.82, 2.24) is 9.29 Å². The summed E-state index contributed by atoms with van der Waals surface area (Å²) in [6, 6.07) is 12.1. The zero-order valence-electron chi connectivity index (χ0n) is 16.6. The van der Waals surface area contributed by atoms with Crippen molar-refractivity contribution in [2.24, 2.45) is 0 Å². The van der Waals surface area contributed by atoms with Crippen molar-refractivity contribution >= 4 is 32.5 Å². The van der Waals surface area contributed by atoms with Crippen LogP contribution in [0.15, 0.2) is 53.4 Å². The number of pyridine rings is 1. The predicted octanol–water partition coefficient (Wildman–Crippen LogP) is 4.11. The van der Waals surface area contributed by atoms with Gasteiger partial charge in [-0.25, -0.2) is 12.8 Å². The Balaban J connectivity index is 1.53. The molecule has 1 aliphatic rings. The van der Waals surface area contributed by atoms with E-state index in [1.807, 2.05) is 0 Å². The van der Waals surface area contributed by atoms with E-state index < -0.39 is 10.0 Å². The van der Waals surface area contributed by atoms with E-state index in [4.69, 9.17) is 0 Å². The number of hydrogen-bond donors (Lipinski definition) is 1. The van der Waals surface area contributed by atoms with Crippen molar-refractivity contribution in [1.29, 1.82) is 0 Å². The first kappa shape index (κ1) is 20.4. The minimum atomic E-state index is -3.51. The molecule has 1 N–H and O–H groups in total. The summed E-state index contributed by atoms with van der Waals surface area (Å²) >= 11 is 0. The van der Waals surface area contributed by atoms with Crippen LogP contribution in [-0.4, -0.2) is 36.7 Å². The largest absolute Gasteiger partial charge is 0.322 e. The fourth-order valence-electron chi connectivity index (χ4n) is 3.63. The summed E-state index contributed by atoms with van der Waals surface area (Å²) in [7, 11) is -3.51. The highest BCUT2D eigenvalue weighted by Gasteiger charge is 2.25. The van der Waals surface area contributed by atoms with Gasteiger partial charge in [-0.1, -0.05) is 6.42 Å². The van der Waals surface area contributed by atoms with Gasteiger partial charge in [0.1, 0.15) is 5.82 Å². The molecule has 1 fully saturated rings. The summed E-state index contributed by atoms with van der Waals surface area (Å²) < 4.78 is 40.4. The average Bonchev–Trinajstić information content (AvgIpc) is 2.74. The van der Waals surface area contributed by atoms with Gasteiger partial charge in [0.2, 0.25) is 10.0 Å². The second-order valence-electron chi connectivity index (χ2n) is 7.40. The number of amides is 1. The zero-order chi connectivity index (χ0) is 21.3. The Bertz CT molecular complexity index is 1200. The monoisotopic (exact) mass is 427 g/mol. The molecule has 156 valence electrons. The van der Waals surface area contributed by atoms with Gasteiger partial charge in [0.15, 0.2) is 0 Å². The summed E-state index contributed by atoms with van der Waals surface area (Å²) in [5.41, 5.74) is 1.82. The van der Waals surface area contributed by atoms with Crippen LogP contribution in [0.5, 0.6) is 0 Å². The van der Waals surface area contributed by atoms with Crippen molar-refractivity contribution in [3.8, 4) is 0 Å². The molecule has 2 aromatic carbocycles. The third-order valence-electron chi connectivity index (χ3n) is 5.28. The average molecular weight is 428 g/mol. The van der Waals surface area contributed by atoms with Gasteiger partial charge in [0.05, 0.1) is 21.7 Å². The van der Waals surface area contributed by atoms with Crippen molar-refractivity contribution in [3.63, 3.8) is 0 Å². The van der Waals surface area contributed by atoms with E-state index in [9.17, 15) is 17.6 Å². The van der Waals surface area contributed by atoms with Crippen molar-refractivity contribution in [2.75, 3.05) is 18.4 Å². The van der Waals surface area contributed by atoms with Gasteiger partial charge >= 0.3 is 0 Å². The van der Waals surface area contributed by atoms with Gasteiger partial charge in [-0.15, -0.1) is 0 Å². The number of carbonyl (C=O) groups is 1. The van der Waals surface area contributed by atoms with Crippen LogP contribution < -0.4 is 5.32 Å². The van der Waals surface area contributed by atoms with Crippen molar-refractivity contribution in [3.05, 3.63) is 65.6 Å². The number of nitrogens with zero attached hydrogens (tertiary/aromatic N) is 2. The molecule has 0 spiro atoms. The molecule has 30 heavy (non-hydrogen) atoms. The maximum atomic E-state index is 13.4. The van der Waals surface area contributed by atoms with E-state index >= 15 is 0 Å². The summed E-state index contributed by atoms with van der Waals surface area (Å²) in [6.45, 7) is 2.77. The molecule has 0 aliphatic carbocycles. The number of aryl methyl sites for hydroxylation is 1. The SMILES string of the molecule is Cc1nc2cc(F)ccc2cc1C(=O)Nc1ccc(S(=O)(=O)N2CCCCC2)cc1. The van der Waals surface area contributed by atoms with Crippen LogP contribution in [-0.2, 0) is 10.0 Å². The summed E-state index contributed by atoms with van der Waals surface area (Å²) in [5, 5.41) is 3.43. The first-order valence-corrected chi connectivity index (χ1v) is 11.3. The fourth-order valence-corrected chi connectivity index (χ4v) is 5.15. The molecule has 0 saturated carbocycles. The molecular weight excluding hydrogens is 405 g/mol. The topological polar surface area (TPSA) is 79.4 Å². The molecule has 0 bridgehead atoms. The Morgan fingerprint density at radius 3 is 2.43 bits per heavy atom. The Kier molecular flexibility index (Phi) is 5.53. The highest BCUT2D eigenvalue weighted by molar-refractivity contribution is 7.89. The van der Waals surface area contributed by atoms with E-state index in [0.29, 0.717) is 40.9 Å². The molecule has 3 aromatic rings. The lowest BCUT2D eigenvalue weighted by Gasteiger charge is -2.25. The molecule has 8 heteroatoms. The highest BCUT2D eigenvalue weighted by atomic mass is 32.2. The second-order valence-corrected chi connectivity index (χ2v) is 9.34. The maximum Gasteiger partial charge on any atom is 0.257 e. The number of sulfonamides is 1. The lowest BCUT2D eigenvalue weighted by atomic mass is 10.1. The number of nitrogens with one attached hydrogen (secondary N) is 1. The highest BCUT2D eigenvalue weighted by Crippen LogP contribution is 2.23. The molecule has 1 aromatic heterocycles. The Labute approximate surface area is 174 Å². The van der Waals surface area contributed by atoms with E-state index in [2.05, 4.69) is 10.3 Å². The van der Waals surface area contributed by atoms with Crippen LogP contribution in [0.2, 0.25) is 0 Å². The van der Waals surface area contributed by atoms with Gasteiger partial charge < -0.3 is 5.32 Å². The van der Waals surface area contributed by atoms with Gasteiger partial charge in [-0.3, -0.25) is 9.78 Å². The maximum absolute atomic E-state index is 13.4. The third kappa shape index (κ3) is 4.06. The molecule has 0 atom stereocenters. The molecule has 1 amide bonds. The predicted molar refractivity (Wildman–Crippen MR) is 113 cm³/mol. The summed E-state index contributed by atoms with van der Waals surface area (Å²) in [4.78, 5) is 17.3. The lowest BCUT2D eigenvalue weighted by molar-refractivity contribution is 0.102. The number of fused-ring (bicyclic) bond motifs is 1. The number of benzene rings is 2. The molecule has 2 heterocycles. The van der Waals surface area contributed by atoms with E-state index in [0.717, 1.165) is 19.3 Å². The fraction of sp³-hybridized carbons (Fsp3) is 0.273. The number of piperidine rings is 1. The smallest absolute Gasteiger partial charge is 0.257 e. The molecule has 4 rings (SSSR count). The first-order valence-electron chi connectivity index (χ1n) is 9.83.